The molecule has 6 aliphatic rings. The molecule has 6 fully saturated rings. The van der Waals surface area contributed by atoms with Crippen LogP contribution in [0.1, 0.15) is 88.7 Å². The van der Waals surface area contributed by atoms with Crippen LogP contribution in [-0.4, -0.2) is 54.9 Å². The number of hydrogen-bond acceptors (Lipinski definition) is 8. The summed E-state index contributed by atoms with van der Waals surface area (Å²) >= 11 is 0. The second-order valence-electron chi connectivity index (χ2n) is 14.7. The van der Waals surface area contributed by atoms with Crippen molar-refractivity contribution in [2.45, 2.75) is 107 Å². The van der Waals surface area contributed by atoms with Crippen molar-refractivity contribution in [3.63, 3.8) is 0 Å². The van der Waals surface area contributed by atoms with Gasteiger partial charge in [-0.3, -0.25) is 4.55 Å². The van der Waals surface area contributed by atoms with Gasteiger partial charge in [-0.05, 0) is 113 Å². The van der Waals surface area contributed by atoms with Crippen LogP contribution in [0.15, 0.2) is 53.4 Å². The number of nitrogens with one attached hydrogen (secondary N) is 1. The lowest BCUT2D eigenvalue weighted by Crippen LogP contribution is -2.59. The van der Waals surface area contributed by atoms with Crippen molar-refractivity contribution in [1.82, 2.24) is 5.32 Å². The van der Waals surface area contributed by atoms with Crippen molar-refractivity contribution in [2.24, 2.45) is 23.7 Å². The van der Waals surface area contributed by atoms with E-state index in [0.29, 0.717) is 37.5 Å². The van der Waals surface area contributed by atoms with Crippen LogP contribution in [0.5, 0.6) is 5.75 Å². The minimum Gasteiger partial charge on any atom is -0.492 e. The molecular formula is C35H49NO8S. The molecule has 10 heteroatoms. The maximum Gasteiger partial charge on any atom is 0.294 e. The lowest BCUT2D eigenvalue weighted by molar-refractivity contribution is -0.390. The summed E-state index contributed by atoms with van der Waals surface area (Å²) in [6.45, 7) is 7.29. The summed E-state index contributed by atoms with van der Waals surface area (Å²) in [7, 11) is -4.02. The van der Waals surface area contributed by atoms with Gasteiger partial charge in [-0.25, -0.2) is 0 Å². The number of aryl methyl sites for hydroxylation is 1. The highest BCUT2D eigenvalue weighted by atomic mass is 32.2. The van der Waals surface area contributed by atoms with Crippen LogP contribution in [-0.2, 0) is 24.6 Å². The Labute approximate surface area is 267 Å². The zero-order valence-electron chi connectivity index (χ0n) is 26.7. The average Bonchev–Trinajstić information content (AvgIpc) is 3.35. The van der Waals surface area contributed by atoms with E-state index in [0.717, 1.165) is 48.8 Å². The zero-order chi connectivity index (χ0) is 31.9. The molecule has 2 aromatic rings. The minimum absolute atomic E-state index is 0.0666. The molecule has 2 aromatic carbocycles. The molecule has 0 unspecified atom stereocenters. The Kier molecular flexibility index (Phi) is 9.40. The van der Waals surface area contributed by atoms with Gasteiger partial charge in [0.15, 0.2) is 0 Å². The maximum atomic E-state index is 10.5. The Morgan fingerprint density at radius 1 is 0.911 bits per heavy atom. The van der Waals surface area contributed by atoms with Gasteiger partial charge in [-0.1, -0.05) is 29.8 Å². The third-order valence-corrected chi connectivity index (χ3v) is 11.3. The first-order valence-electron chi connectivity index (χ1n) is 16.6. The van der Waals surface area contributed by atoms with Crippen LogP contribution in [0, 0.1) is 30.6 Å². The summed E-state index contributed by atoms with van der Waals surface area (Å²) in [6.07, 6.45) is 10.4. The van der Waals surface area contributed by atoms with Crippen molar-refractivity contribution in [3.05, 3.63) is 59.7 Å². The Hall–Kier alpha value is -2.05. The van der Waals surface area contributed by atoms with Gasteiger partial charge in [-0.2, -0.15) is 18.2 Å². The van der Waals surface area contributed by atoms with Crippen LogP contribution in [0.4, 0.5) is 0 Å². The largest absolute Gasteiger partial charge is 0.492 e. The molecule has 0 amide bonds. The van der Waals surface area contributed by atoms with Crippen LogP contribution in [0.3, 0.4) is 0 Å². The molecule has 4 bridgehead atoms. The van der Waals surface area contributed by atoms with Crippen LogP contribution >= 0.6 is 0 Å². The molecule has 0 aromatic heterocycles. The smallest absolute Gasteiger partial charge is 0.294 e. The van der Waals surface area contributed by atoms with Gasteiger partial charge >= 0.3 is 0 Å². The molecule has 3 N–H and O–H groups in total. The third-order valence-electron chi connectivity index (χ3n) is 10.5. The summed E-state index contributed by atoms with van der Waals surface area (Å²) < 4.78 is 42.3. The van der Waals surface area contributed by atoms with Crippen molar-refractivity contribution in [3.8, 4) is 5.75 Å². The Morgan fingerprint density at radius 3 is 2.07 bits per heavy atom. The number of hydrogen-bond donors (Lipinski definition) is 3. The Morgan fingerprint density at radius 2 is 1.51 bits per heavy atom. The zero-order valence-corrected chi connectivity index (χ0v) is 27.6. The molecule has 1 saturated heterocycles. The van der Waals surface area contributed by atoms with Crippen molar-refractivity contribution in [1.29, 1.82) is 0 Å². The molecule has 2 spiro atoms. The van der Waals surface area contributed by atoms with E-state index in [1.807, 2.05) is 6.92 Å². The van der Waals surface area contributed by atoms with E-state index in [9.17, 15) is 13.5 Å². The predicted molar refractivity (Wildman–Crippen MR) is 169 cm³/mol. The fourth-order valence-corrected chi connectivity index (χ4v) is 8.85. The van der Waals surface area contributed by atoms with Gasteiger partial charge in [0.1, 0.15) is 12.4 Å². The molecule has 0 atom stereocenters. The Bertz CT molecular complexity index is 1370. The van der Waals surface area contributed by atoms with E-state index in [4.69, 9.17) is 23.8 Å². The van der Waals surface area contributed by atoms with Gasteiger partial charge in [0.2, 0.25) is 11.6 Å². The molecule has 8 rings (SSSR count). The highest BCUT2D eigenvalue weighted by Crippen LogP contribution is 2.64. The second kappa shape index (κ2) is 12.9. The number of aliphatic hydroxyl groups is 1. The highest BCUT2D eigenvalue weighted by molar-refractivity contribution is 7.85. The maximum absolute atomic E-state index is 10.5. The fourth-order valence-electron chi connectivity index (χ4n) is 8.37. The molecule has 45 heavy (non-hydrogen) atoms. The standard InChI is InChI=1S/C28H41NO5.C7H8O3S/c1-26(2,30)18-29-11-12-31-25-5-3-21(4-6-25)22-7-9-27(10-8-22)32-28(34-33-27)23-14-19-13-20(16-23)17-24(28)15-19;1-6-2-4-7(5-3-6)11(8,9)10/h3-6,19-20,22-24,29-30H,7-18H2,1-2H3;2-5H,1H3,(H,8,9,10). The van der Waals surface area contributed by atoms with Crippen molar-refractivity contribution >= 4 is 10.1 Å². The average molecular weight is 644 g/mol. The first-order valence-corrected chi connectivity index (χ1v) is 18.0. The van der Waals surface area contributed by atoms with E-state index in [2.05, 4.69) is 29.6 Å². The van der Waals surface area contributed by atoms with Crippen molar-refractivity contribution < 1.29 is 37.3 Å². The molecule has 0 radical (unpaired) electrons. The lowest BCUT2D eigenvalue weighted by Gasteiger charge is -2.57. The lowest BCUT2D eigenvalue weighted by atomic mass is 9.53. The monoisotopic (exact) mass is 643 g/mol. The third kappa shape index (κ3) is 7.59. The molecular weight excluding hydrogens is 594 g/mol. The second-order valence-corrected chi connectivity index (χ2v) is 16.1. The molecule has 9 nitrogen and oxygen atoms in total. The van der Waals surface area contributed by atoms with Gasteiger partial charge in [-0.15, -0.1) is 0 Å². The molecule has 5 aliphatic carbocycles. The first-order chi connectivity index (χ1) is 21.3. The molecule has 248 valence electrons. The first kappa shape index (κ1) is 32.9. The molecule has 1 aliphatic heterocycles. The minimum atomic E-state index is -4.02. The van der Waals surface area contributed by atoms with Gasteiger partial charge in [0.25, 0.3) is 10.1 Å². The van der Waals surface area contributed by atoms with Gasteiger partial charge in [0.05, 0.1) is 10.5 Å². The normalized spacial score (nSPS) is 33.8. The van der Waals surface area contributed by atoms with E-state index in [1.165, 1.54) is 49.8 Å². The van der Waals surface area contributed by atoms with Crippen LogP contribution in [0.2, 0.25) is 0 Å². The predicted octanol–water partition coefficient (Wildman–Crippen LogP) is 6.15. The van der Waals surface area contributed by atoms with E-state index >= 15 is 0 Å². The topological polar surface area (TPSA) is 124 Å². The van der Waals surface area contributed by atoms with Crippen LogP contribution in [0.25, 0.3) is 0 Å². The van der Waals surface area contributed by atoms with E-state index in [-0.39, 0.29) is 4.90 Å². The number of benzene rings is 2. The molecule has 1 heterocycles. The number of rotatable bonds is 8. The number of ether oxygens (including phenoxy) is 2. The summed E-state index contributed by atoms with van der Waals surface area (Å²) in [4.78, 5) is 12.2. The summed E-state index contributed by atoms with van der Waals surface area (Å²) in [5.74, 6) is 3.26. The molecule has 5 saturated carbocycles. The highest BCUT2D eigenvalue weighted by Gasteiger charge is 2.66. The van der Waals surface area contributed by atoms with E-state index < -0.39 is 27.3 Å². The quantitative estimate of drug-likeness (QED) is 0.177. The summed E-state index contributed by atoms with van der Waals surface area (Å²) in [5.41, 5.74) is 1.62. The summed E-state index contributed by atoms with van der Waals surface area (Å²) in [5, 5.41) is 13.0. The van der Waals surface area contributed by atoms with Crippen LogP contribution < -0.4 is 10.1 Å². The Balaban J connectivity index is 0.000000276. The van der Waals surface area contributed by atoms with Crippen molar-refractivity contribution in [2.75, 3.05) is 19.7 Å². The summed E-state index contributed by atoms with van der Waals surface area (Å²) in [6, 6.07) is 14.5. The van der Waals surface area contributed by atoms with Gasteiger partial charge in [0, 0.05) is 37.8 Å². The van der Waals surface area contributed by atoms with Gasteiger partial charge < -0.3 is 19.9 Å². The SMILES string of the molecule is CC(C)(O)CNCCOc1ccc(C2CCC3(CC2)OOC2(O3)C3CC4CC(C3)CC2C4)cc1.Cc1ccc(S(=O)(=O)O)cc1. The fraction of sp³-hybridized carbons (Fsp3) is 0.657. The van der Waals surface area contributed by atoms with E-state index in [1.54, 1.807) is 26.0 Å².